The van der Waals surface area contributed by atoms with Crippen LogP contribution >= 0.6 is 0 Å². The van der Waals surface area contributed by atoms with Gasteiger partial charge in [0.2, 0.25) is 0 Å². The fourth-order valence-electron chi connectivity index (χ4n) is 2.50. The number of hydrogen-bond donors (Lipinski definition) is 1. The van der Waals surface area contributed by atoms with Gasteiger partial charge in [0.25, 0.3) is 0 Å². The largest absolute Gasteiger partial charge is 0.389 e. The second-order valence-corrected chi connectivity index (χ2v) is 5.82. The van der Waals surface area contributed by atoms with E-state index in [0.717, 1.165) is 16.9 Å². The van der Waals surface area contributed by atoms with E-state index in [1.54, 1.807) is 6.33 Å². The van der Waals surface area contributed by atoms with Crippen LogP contribution in [0.4, 0.5) is 5.82 Å². The number of nitrogens with zero attached hydrogens (tertiary/aromatic N) is 5. The zero-order valence-corrected chi connectivity index (χ0v) is 13.8. The fourth-order valence-corrected chi connectivity index (χ4v) is 2.50. The van der Waals surface area contributed by atoms with Gasteiger partial charge in [-0.3, -0.25) is 0 Å². The predicted octanol–water partition coefficient (Wildman–Crippen LogP) is 1.47. The van der Waals surface area contributed by atoms with E-state index < -0.39 is 6.10 Å². The summed E-state index contributed by atoms with van der Waals surface area (Å²) in [5.74, 6) is 0.758. The lowest BCUT2D eigenvalue weighted by molar-refractivity contribution is 0.0208. The van der Waals surface area contributed by atoms with E-state index in [1.165, 1.54) is 6.33 Å². The molecule has 2 aromatic heterocycles. The molecular weight excluding hydrogens is 306 g/mol. The summed E-state index contributed by atoms with van der Waals surface area (Å²) in [6.07, 6.45) is 2.55. The van der Waals surface area contributed by atoms with E-state index in [4.69, 9.17) is 4.74 Å². The van der Waals surface area contributed by atoms with Crippen LogP contribution in [0.3, 0.4) is 0 Å². The van der Waals surface area contributed by atoms with Crippen molar-refractivity contribution in [1.82, 2.24) is 19.5 Å². The number of imidazole rings is 1. The van der Waals surface area contributed by atoms with Crippen LogP contribution in [-0.2, 0) is 17.9 Å². The van der Waals surface area contributed by atoms with Gasteiger partial charge in [-0.05, 0) is 5.56 Å². The Morgan fingerprint density at radius 1 is 1.17 bits per heavy atom. The van der Waals surface area contributed by atoms with Crippen LogP contribution in [0.2, 0.25) is 0 Å². The highest BCUT2D eigenvalue weighted by atomic mass is 16.5. The molecule has 24 heavy (non-hydrogen) atoms. The first-order valence-electron chi connectivity index (χ1n) is 7.78. The molecule has 1 aromatic carbocycles. The molecule has 0 aliphatic carbocycles. The Kier molecular flexibility index (Phi) is 5.02. The molecule has 1 unspecified atom stereocenters. The molecule has 0 aliphatic rings. The highest BCUT2D eigenvalue weighted by Gasteiger charge is 2.14. The molecule has 2 heterocycles. The number of fused-ring (bicyclic) bond motifs is 1. The average Bonchev–Trinajstić information content (AvgIpc) is 2.98. The number of anilines is 1. The molecule has 7 nitrogen and oxygen atoms in total. The van der Waals surface area contributed by atoms with Crippen molar-refractivity contribution in [3.8, 4) is 0 Å². The number of hydrogen-bond acceptors (Lipinski definition) is 6. The Balaban J connectivity index is 1.61. The molecule has 3 rings (SSSR count). The Morgan fingerprint density at radius 2 is 1.96 bits per heavy atom. The Hall–Kier alpha value is -2.51. The Labute approximate surface area is 140 Å². The maximum Gasteiger partial charge on any atom is 0.165 e. The monoisotopic (exact) mass is 327 g/mol. The topological polar surface area (TPSA) is 76.3 Å². The van der Waals surface area contributed by atoms with E-state index >= 15 is 0 Å². The summed E-state index contributed by atoms with van der Waals surface area (Å²) in [5.41, 5.74) is 2.51. The molecule has 7 heteroatoms. The highest BCUT2D eigenvalue weighted by Crippen LogP contribution is 2.19. The lowest BCUT2D eigenvalue weighted by atomic mass is 10.2. The van der Waals surface area contributed by atoms with Crippen LogP contribution in [0.1, 0.15) is 5.56 Å². The van der Waals surface area contributed by atoms with E-state index in [0.29, 0.717) is 18.8 Å². The van der Waals surface area contributed by atoms with Gasteiger partial charge >= 0.3 is 0 Å². The van der Waals surface area contributed by atoms with E-state index in [2.05, 4.69) is 15.0 Å². The van der Waals surface area contributed by atoms with E-state index in [-0.39, 0.29) is 6.61 Å². The van der Waals surface area contributed by atoms with Crippen LogP contribution in [0.25, 0.3) is 11.2 Å². The number of aromatic nitrogens is 4. The van der Waals surface area contributed by atoms with Crippen molar-refractivity contribution in [2.45, 2.75) is 19.3 Å². The zero-order chi connectivity index (χ0) is 16.9. The van der Waals surface area contributed by atoms with Crippen LogP contribution < -0.4 is 4.90 Å². The van der Waals surface area contributed by atoms with Crippen molar-refractivity contribution in [3.63, 3.8) is 0 Å². The molecule has 1 N–H and O–H groups in total. The minimum Gasteiger partial charge on any atom is -0.389 e. The standard InChI is InChI=1S/C17H21N5O2/c1-21(2)16-15-17(19-11-18-16)22(12-20-15)8-14(23)10-24-9-13-6-4-3-5-7-13/h3-7,11-12,14,23H,8-10H2,1-2H3. The minimum absolute atomic E-state index is 0.250. The highest BCUT2D eigenvalue weighted by molar-refractivity contribution is 5.82. The predicted molar refractivity (Wildman–Crippen MR) is 91.8 cm³/mol. The minimum atomic E-state index is -0.635. The maximum absolute atomic E-state index is 10.2. The normalized spacial score (nSPS) is 12.5. The summed E-state index contributed by atoms with van der Waals surface area (Å²) in [7, 11) is 3.82. The van der Waals surface area contributed by atoms with Crippen LogP contribution in [0.5, 0.6) is 0 Å². The number of benzene rings is 1. The van der Waals surface area contributed by atoms with Gasteiger partial charge in [-0.2, -0.15) is 0 Å². The summed E-state index contributed by atoms with van der Waals surface area (Å²) in [5, 5.41) is 10.2. The van der Waals surface area contributed by atoms with Gasteiger partial charge in [0, 0.05) is 14.1 Å². The first-order chi connectivity index (χ1) is 11.6. The smallest absolute Gasteiger partial charge is 0.165 e. The SMILES string of the molecule is CN(C)c1ncnc2c1ncn2CC(O)COCc1ccccc1. The number of aliphatic hydroxyl groups is 1. The van der Waals surface area contributed by atoms with Gasteiger partial charge in [0.15, 0.2) is 17.0 Å². The van der Waals surface area contributed by atoms with Gasteiger partial charge in [0.05, 0.1) is 32.2 Å². The molecule has 0 spiro atoms. The third-order valence-corrected chi connectivity index (χ3v) is 3.63. The Bertz CT molecular complexity index is 788. The second kappa shape index (κ2) is 7.37. The molecule has 0 saturated heterocycles. The summed E-state index contributed by atoms with van der Waals surface area (Å²) in [6, 6.07) is 9.89. The molecule has 0 bridgehead atoms. The van der Waals surface area contributed by atoms with Crippen LogP contribution in [0.15, 0.2) is 43.0 Å². The number of rotatable bonds is 7. The molecule has 0 amide bonds. The van der Waals surface area contributed by atoms with Gasteiger partial charge in [-0.1, -0.05) is 30.3 Å². The van der Waals surface area contributed by atoms with Gasteiger partial charge < -0.3 is 19.3 Å². The Morgan fingerprint density at radius 3 is 2.71 bits per heavy atom. The number of aliphatic hydroxyl groups excluding tert-OH is 1. The van der Waals surface area contributed by atoms with E-state index in [1.807, 2.05) is 53.9 Å². The molecule has 0 aliphatic heterocycles. The van der Waals surface area contributed by atoms with Crippen molar-refractivity contribution in [2.75, 3.05) is 25.6 Å². The van der Waals surface area contributed by atoms with Crippen molar-refractivity contribution in [1.29, 1.82) is 0 Å². The zero-order valence-electron chi connectivity index (χ0n) is 13.8. The van der Waals surface area contributed by atoms with Gasteiger partial charge in [-0.25, -0.2) is 15.0 Å². The van der Waals surface area contributed by atoms with Crippen molar-refractivity contribution < 1.29 is 9.84 Å². The average molecular weight is 327 g/mol. The maximum atomic E-state index is 10.2. The third-order valence-electron chi connectivity index (χ3n) is 3.63. The van der Waals surface area contributed by atoms with Crippen molar-refractivity contribution >= 4 is 17.0 Å². The van der Waals surface area contributed by atoms with E-state index in [9.17, 15) is 5.11 Å². The molecular formula is C17H21N5O2. The molecule has 3 aromatic rings. The second-order valence-electron chi connectivity index (χ2n) is 5.82. The molecule has 0 saturated carbocycles. The summed E-state index contributed by atoms with van der Waals surface area (Å²) in [4.78, 5) is 14.8. The van der Waals surface area contributed by atoms with Crippen molar-refractivity contribution in [2.24, 2.45) is 0 Å². The quantitative estimate of drug-likeness (QED) is 0.708. The summed E-state index contributed by atoms with van der Waals surface area (Å²) < 4.78 is 7.40. The first kappa shape index (κ1) is 16.4. The van der Waals surface area contributed by atoms with Gasteiger partial charge in [-0.15, -0.1) is 0 Å². The summed E-state index contributed by atoms with van der Waals surface area (Å²) in [6.45, 7) is 1.10. The summed E-state index contributed by atoms with van der Waals surface area (Å²) >= 11 is 0. The number of ether oxygens (including phenoxy) is 1. The fraction of sp³-hybridized carbons (Fsp3) is 0.353. The molecule has 0 fully saturated rings. The molecule has 1 atom stereocenters. The van der Waals surface area contributed by atoms with Gasteiger partial charge in [0.1, 0.15) is 6.33 Å². The molecule has 126 valence electrons. The third kappa shape index (κ3) is 3.69. The lowest BCUT2D eigenvalue weighted by Crippen LogP contribution is -2.21. The lowest BCUT2D eigenvalue weighted by Gasteiger charge is -2.13. The van der Waals surface area contributed by atoms with Crippen molar-refractivity contribution in [3.05, 3.63) is 48.5 Å². The van der Waals surface area contributed by atoms with Crippen LogP contribution in [-0.4, -0.2) is 51.4 Å². The van der Waals surface area contributed by atoms with Crippen LogP contribution in [0, 0.1) is 0 Å². The molecule has 0 radical (unpaired) electrons. The first-order valence-corrected chi connectivity index (χ1v) is 7.78.